The van der Waals surface area contributed by atoms with Crippen LogP contribution in [0.4, 0.5) is 5.69 Å². The first kappa shape index (κ1) is 18.3. The Hall–Kier alpha value is -1.79. The zero-order valence-corrected chi connectivity index (χ0v) is 13.8. The Bertz CT molecular complexity index is 503. The highest BCUT2D eigenvalue weighted by Crippen LogP contribution is 2.33. The van der Waals surface area contributed by atoms with Crippen LogP contribution in [0.3, 0.4) is 0 Å². The molecule has 3 N–H and O–H groups in total. The Labute approximate surface area is 132 Å². The summed E-state index contributed by atoms with van der Waals surface area (Å²) in [5.74, 6) is 0.478. The van der Waals surface area contributed by atoms with E-state index in [0.717, 1.165) is 25.1 Å². The zero-order valence-electron chi connectivity index (χ0n) is 13.8. The van der Waals surface area contributed by atoms with Gasteiger partial charge in [0.2, 0.25) is 0 Å². The largest absolute Gasteiger partial charge is 0.493 e. The second-order valence-electron chi connectivity index (χ2n) is 5.89. The van der Waals surface area contributed by atoms with E-state index in [-0.39, 0.29) is 0 Å². The highest BCUT2D eigenvalue weighted by Gasteiger charge is 2.21. The number of carbonyl (C=O) groups is 1. The van der Waals surface area contributed by atoms with Crippen molar-refractivity contribution in [2.75, 3.05) is 34.9 Å². The number of nitrogens with two attached hydrogens (primary N) is 1. The van der Waals surface area contributed by atoms with Gasteiger partial charge >= 0.3 is 5.97 Å². The van der Waals surface area contributed by atoms with Crippen molar-refractivity contribution in [3.63, 3.8) is 0 Å². The molecule has 0 saturated carbocycles. The third-order valence-corrected chi connectivity index (χ3v) is 3.87. The van der Waals surface area contributed by atoms with Crippen molar-refractivity contribution < 1.29 is 19.4 Å². The molecule has 1 aromatic rings. The molecule has 124 valence electrons. The molecule has 6 heteroatoms. The van der Waals surface area contributed by atoms with Crippen LogP contribution in [0.2, 0.25) is 0 Å². The second kappa shape index (κ2) is 8.00. The minimum Gasteiger partial charge on any atom is -0.493 e. The Morgan fingerprint density at radius 2 is 1.86 bits per heavy atom. The number of ether oxygens (including phenoxy) is 2. The summed E-state index contributed by atoms with van der Waals surface area (Å²) in [6, 6.07) is 5.12. The number of benzene rings is 1. The van der Waals surface area contributed by atoms with Gasteiger partial charge in [0.05, 0.1) is 34.9 Å². The smallest absolute Gasteiger partial charge is 0.320 e. The van der Waals surface area contributed by atoms with E-state index < -0.39 is 12.0 Å². The van der Waals surface area contributed by atoms with E-state index in [1.54, 1.807) is 14.2 Å². The zero-order chi connectivity index (χ0) is 16.8. The summed E-state index contributed by atoms with van der Waals surface area (Å²) in [4.78, 5) is 10.7. The van der Waals surface area contributed by atoms with Crippen LogP contribution in [0.25, 0.3) is 0 Å². The summed E-state index contributed by atoms with van der Waals surface area (Å²) in [7, 11) is 7.45. The van der Waals surface area contributed by atoms with Gasteiger partial charge in [0.15, 0.2) is 11.5 Å². The summed E-state index contributed by atoms with van der Waals surface area (Å²) in [6.45, 7) is 0.891. The summed E-state index contributed by atoms with van der Waals surface area (Å²) in [5, 5.41) is 8.77. The van der Waals surface area contributed by atoms with Gasteiger partial charge in [-0.3, -0.25) is 9.28 Å². The van der Waals surface area contributed by atoms with Crippen molar-refractivity contribution in [1.29, 1.82) is 0 Å². The fraction of sp³-hybridized carbons (Fsp3) is 0.562. The van der Waals surface area contributed by atoms with Crippen molar-refractivity contribution in [1.82, 2.24) is 4.48 Å². The van der Waals surface area contributed by atoms with Gasteiger partial charge in [-0.25, -0.2) is 0 Å². The lowest BCUT2D eigenvalue weighted by Crippen LogP contribution is -2.41. The predicted octanol–water partition coefficient (Wildman–Crippen LogP) is 1.85. The molecule has 1 atom stereocenters. The third-order valence-electron chi connectivity index (χ3n) is 3.87. The molecule has 6 nitrogen and oxygen atoms in total. The molecule has 0 bridgehead atoms. The van der Waals surface area contributed by atoms with Crippen LogP contribution in [0, 0.1) is 0 Å². The van der Waals surface area contributed by atoms with Gasteiger partial charge in [-0.1, -0.05) is 0 Å². The van der Waals surface area contributed by atoms with E-state index >= 15 is 0 Å². The molecule has 0 spiro atoms. The van der Waals surface area contributed by atoms with Crippen molar-refractivity contribution in [2.45, 2.75) is 25.3 Å². The van der Waals surface area contributed by atoms with Crippen LogP contribution in [0.1, 0.15) is 19.3 Å². The molecule has 0 unspecified atom stereocenters. The van der Waals surface area contributed by atoms with Crippen LogP contribution in [-0.4, -0.2) is 52.0 Å². The molecule has 0 aromatic heterocycles. The van der Waals surface area contributed by atoms with E-state index in [1.807, 2.05) is 18.2 Å². The number of rotatable bonds is 9. The maximum atomic E-state index is 10.7. The Kier molecular flexibility index (Phi) is 6.64. The SMILES string of the molecule is COc1ccc([N+](C)(C)CCCC[C@H](N)C(=O)O)cc1OC. The molecular weight excluding hydrogens is 284 g/mol. The average molecular weight is 311 g/mol. The molecule has 0 radical (unpaired) electrons. The summed E-state index contributed by atoms with van der Waals surface area (Å²) >= 11 is 0. The van der Waals surface area contributed by atoms with Gasteiger partial charge in [-0.05, 0) is 25.3 Å². The van der Waals surface area contributed by atoms with E-state index in [4.69, 9.17) is 20.3 Å². The van der Waals surface area contributed by atoms with E-state index in [9.17, 15) is 4.79 Å². The fourth-order valence-electron chi connectivity index (χ4n) is 2.33. The van der Waals surface area contributed by atoms with Crippen molar-refractivity contribution in [2.24, 2.45) is 5.73 Å². The predicted molar refractivity (Wildman–Crippen MR) is 87.5 cm³/mol. The number of carboxylic acid groups (broad SMARTS) is 1. The minimum atomic E-state index is -0.936. The standard InChI is InChI=1S/C16H26N2O4/c1-18(2,10-6-5-7-13(17)16(19)20)12-8-9-14(21-3)15(11-12)22-4/h8-9,11,13H,5-7,10,17H2,1-4H3/p+1/t13-/m0/s1. The topological polar surface area (TPSA) is 81.8 Å². The molecular formula is C16H27N2O4+. The number of aliphatic carboxylic acids is 1. The van der Waals surface area contributed by atoms with Gasteiger partial charge in [0, 0.05) is 12.1 Å². The first-order valence-electron chi connectivity index (χ1n) is 7.36. The van der Waals surface area contributed by atoms with Crippen LogP contribution in [-0.2, 0) is 4.79 Å². The maximum Gasteiger partial charge on any atom is 0.320 e. The molecule has 0 amide bonds. The average Bonchev–Trinajstić information content (AvgIpc) is 2.50. The highest BCUT2D eigenvalue weighted by atomic mass is 16.5. The minimum absolute atomic E-state index is 0.501. The lowest BCUT2D eigenvalue weighted by Gasteiger charge is -2.30. The number of unbranched alkanes of at least 4 members (excludes halogenated alkanes) is 1. The lowest BCUT2D eigenvalue weighted by atomic mass is 10.1. The molecule has 0 aliphatic heterocycles. The van der Waals surface area contributed by atoms with Crippen LogP contribution >= 0.6 is 0 Å². The fourth-order valence-corrected chi connectivity index (χ4v) is 2.33. The van der Waals surface area contributed by atoms with E-state index in [1.165, 1.54) is 0 Å². The van der Waals surface area contributed by atoms with Crippen LogP contribution in [0.15, 0.2) is 18.2 Å². The van der Waals surface area contributed by atoms with Crippen molar-refractivity contribution in [3.8, 4) is 11.5 Å². The van der Waals surface area contributed by atoms with Gasteiger partial charge in [0.1, 0.15) is 11.7 Å². The lowest BCUT2D eigenvalue weighted by molar-refractivity contribution is -0.138. The number of hydrogen-bond acceptors (Lipinski definition) is 4. The van der Waals surface area contributed by atoms with Gasteiger partial charge in [-0.15, -0.1) is 0 Å². The number of nitrogens with zero attached hydrogens (tertiary/aromatic N) is 1. The highest BCUT2D eigenvalue weighted by molar-refractivity contribution is 5.72. The number of carboxylic acids is 1. The Morgan fingerprint density at radius 1 is 1.23 bits per heavy atom. The number of hydrogen-bond donors (Lipinski definition) is 2. The van der Waals surface area contributed by atoms with Crippen molar-refractivity contribution >= 4 is 11.7 Å². The number of quaternary nitrogens is 1. The monoisotopic (exact) mass is 311 g/mol. The molecule has 1 aromatic carbocycles. The normalized spacial score (nSPS) is 12.8. The van der Waals surface area contributed by atoms with Gasteiger partial charge in [-0.2, -0.15) is 0 Å². The maximum absolute atomic E-state index is 10.7. The molecule has 0 aliphatic rings. The van der Waals surface area contributed by atoms with E-state index in [0.29, 0.717) is 22.4 Å². The van der Waals surface area contributed by atoms with Gasteiger partial charge < -0.3 is 20.3 Å². The van der Waals surface area contributed by atoms with E-state index in [2.05, 4.69) is 14.1 Å². The van der Waals surface area contributed by atoms with Crippen molar-refractivity contribution in [3.05, 3.63) is 18.2 Å². The Balaban J connectivity index is 2.64. The first-order valence-corrected chi connectivity index (χ1v) is 7.36. The third kappa shape index (κ3) is 4.89. The summed E-state index contributed by atoms with van der Waals surface area (Å²) < 4.78 is 11.3. The molecule has 0 heterocycles. The van der Waals surface area contributed by atoms with Crippen LogP contribution in [0.5, 0.6) is 11.5 Å². The summed E-state index contributed by atoms with van der Waals surface area (Å²) in [5.41, 5.74) is 6.62. The molecule has 1 rings (SSSR count). The number of methoxy groups -OCH3 is 2. The molecule has 0 fully saturated rings. The summed E-state index contributed by atoms with van der Waals surface area (Å²) in [6.07, 6.45) is 2.20. The molecule has 0 saturated heterocycles. The quantitative estimate of drug-likeness (QED) is 0.537. The first-order chi connectivity index (χ1) is 10.3. The van der Waals surface area contributed by atoms with Crippen LogP contribution < -0.4 is 19.7 Å². The second-order valence-corrected chi connectivity index (χ2v) is 5.89. The van der Waals surface area contributed by atoms with Gasteiger partial charge in [0.25, 0.3) is 0 Å². The molecule has 22 heavy (non-hydrogen) atoms. The molecule has 0 aliphatic carbocycles. The Morgan fingerprint density at radius 3 is 2.41 bits per heavy atom.